The van der Waals surface area contributed by atoms with Crippen molar-refractivity contribution in [2.24, 2.45) is 0 Å². The summed E-state index contributed by atoms with van der Waals surface area (Å²) < 4.78 is 39.2. The molecule has 8 heteroatoms. The van der Waals surface area contributed by atoms with Gasteiger partial charge in [-0.3, -0.25) is 9.59 Å². The summed E-state index contributed by atoms with van der Waals surface area (Å²) in [6.07, 6.45) is -3.79. The van der Waals surface area contributed by atoms with Gasteiger partial charge in [0.25, 0.3) is 11.5 Å². The second kappa shape index (κ2) is 7.22. The van der Waals surface area contributed by atoms with Crippen LogP contribution in [0.3, 0.4) is 0 Å². The zero-order valence-electron chi connectivity index (χ0n) is 14.4. The summed E-state index contributed by atoms with van der Waals surface area (Å²) in [5.74, 6) is -0.601. The largest absolute Gasteiger partial charge is 0.416 e. The first-order valence-electron chi connectivity index (χ1n) is 8.29. The maximum absolute atomic E-state index is 12.7. The van der Waals surface area contributed by atoms with Crippen LogP contribution in [0, 0.1) is 0 Å². The predicted octanol–water partition coefficient (Wildman–Crippen LogP) is 4.08. The molecular formula is C19H16F3N3O2. The number of hydrogen-bond donors (Lipinski definition) is 1. The van der Waals surface area contributed by atoms with E-state index in [1.165, 1.54) is 16.8 Å². The monoisotopic (exact) mass is 375 g/mol. The predicted molar refractivity (Wildman–Crippen MR) is 95.7 cm³/mol. The van der Waals surface area contributed by atoms with E-state index >= 15 is 0 Å². The van der Waals surface area contributed by atoms with Crippen LogP contribution in [0.15, 0.2) is 53.3 Å². The molecular weight excluding hydrogens is 359 g/mol. The fourth-order valence-corrected chi connectivity index (χ4v) is 2.70. The smallest absolute Gasteiger partial charge is 0.321 e. The maximum Gasteiger partial charge on any atom is 0.416 e. The zero-order chi connectivity index (χ0) is 19.6. The summed E-state index contributed by atoms with van der Waals surface area (Å²) in [6.45, 7) is 2.23. The summed E-state index contributed by atoms with van der Waals surface area (Å²) >= 11 is 0. The van der Waals surface area contributed by atoms with E-state index in [1.807, 2.05) is 6.92 Å². The molecule has 140 valence electrons. The molecule has 0 aliphatic carbocycles. The van der Waals surface area contributed by atoms with Crippen molar-refractivity contribution < 1.29 is 18.0 Å². The van der Waals surface area contributed by atoms with Crippen molar-refractivity contribution in [3.63, 3.8) is 0 Å². The Morgan fingerprint density at radius 1 is 1.07 bits per heavy atom. The number of amides is 1. The quantitative estimate of drug-likeness (QED) is 0.747. The van der Waals surface area contributed by atoms with E-state index in [2.05, 4.69) is 10.4 Å². The number of aromatic nitrogens is 2. The molecule has 0 radical (unpaired) electrons. The Bertz CT molecular complexity index is 1040. The third-order valence-corrected chi connectivity index (χ3v) is 3.99. The van der Waals surface area contributed by atoms with E-state index in [0.29, 0.717) is 23.7 Å². The van der Waals surface area contributed by atoms with Crippen molar-refractivity contribution in [1.29, 1.82) is 0 Å². The van der Waals surface area contributed by atoms with E-state index < -0.39 is 17.6 Å². The summed E-state index contributed by atoms with van der Waals surface area (Å²) in [4.78, 5) is 25.1. The minimum Gasteiger partial charge on any atom is -0.321 e. The maximum atomic E-state index is 12.7. The third-order valence-electron chi connectivity index (χ3n) is 3.99. The average Bonchev–Trinajstić information content (AvgIpc) is 2.64. The van der Waals surface area contributed by atoms with Gasteiger partial charge in [0, 0.05) is 17.6 Å². The third kappa shape index (κ3) is 3.84. The fourth-order valence-electron chi connectivity index (χ4n) is 2.70. The lowest BCUT2D eigenvalue weighted by Gasteiger charge is -2.11. The van der Waals surface area contributed by atoms with Gasteiger partial charge in [0.05, 0.1) is 10.9 Å². The topological polar surface area (TPSA) is 64.0 Å². The molecule has 0 fully saturated rings. The van der Waals surface area contributed by atoms with Crippen LogP contribution in [0.1, 0.15) is 29.4 Å². The number of carbonyl (C=O) groups is 1. The van der Waals surface area contributed by atoms with E-state index in [4.69, 9.17) is 0 Å². The molecule has 1 amide bonds. The van der Waals surface area contributed by atoms with Crippen LogP contribution in [-0.4, -0.2) is 15.7 Å². The van der Waals surface area contributed by atoms with Gasteiger partial charge in [0.2, 0.25) is 0 Å². The van der Waals surface area contributed by atoms with Crippen LogP contribution in [-0.2, 0) is 12.7 Å². The Kier molecular flexibility index (Phi) is 4.98. The van der Waals surface area contributed by atoms with Crippen LogP contribution in [0.2, 0.25) is 0 Å². The molecule has 0 aliphatic heterocycles. The molecule has 1 aromatic heterocycles. The van der Waals surface area contributed by atoms with Crippen LogP contribution in [0.5, 0.6) is 0 Å². The Hall–Kier alpha value is -3.16. The Morgan fingerprint density at radius 3 is 2.30 bits per heavy atom. The molecule has 2 aromatic carbocycles. The van der Waals surface area contributed by atoms with E-state index in [-0.39, 0.29) is 16.9 Å². The molecule has 0 saturated carbocycles. The van der Waals surface area contributed by atoms with Crippen molar-refractivity contribution in [3.05, 3.63) is 70.1 Å². The number of carbonyl (C=O) groups excluding carboxylic acids is 1. The van der Waals surface area contributed by atoms with Crippen LogP contribution >= 0.6 is 0 Å². The first kappa shape index (κ1) is 18.6. The number of nitrogens with one attached hydrogen (secondary N) is 1. The molecule has 0 atom stereocenters. The highest BCUT2D eigenvalue weighted by Gasteiger charge is 2.30. The molecule has 1 N–H and O–H groups in total. The lowest BCUT2D eigenvalue weighted by molar-refractivity contribution is -0.137. The molecule has 3 rings (SSSR count). The van der Waals surface area contributed by atoms with Gasteiger partial charge >= 0.3 is 6.18 Å². The van der Waals surface area contributed by atoms with Gasteiger partial charge in [0.15, 0.2) is 5.69 Å². The zero-order valence-corrected chi connectivity index (χ0v) is 14.4. The first-order chi connectivity index (χ1) is 12.8. The lowest BCUT2D eigenvalue weighted by atomic mass is 10.1. The van der Waals surface area contributed by atoms with Gasteiger partial charge in [0.1, 0.15) is 0 Å². The summed E-state index contributed by atoms with van der Waals surface area (Å²) in [5, 5.41) is 7.44. The van der Waals surface area contributed by atoms with Gasteiger partial charge in [-0.1, -0.05) is 25.1 Å². The molecule has 0 unspecified atom stereocenters. The second-order valence-electron chi connectivity index (χ2n) is 5.95. The number of nitrogens with zero attached hydrogens (tertiary/aromatic N) is 2. The Balaban J connectivity index is 1.98. The standard InChI is InChI=1S/C19H16F3N3O2/c1-2-11-25-18(27)15-6-4-3-5-14(15)16(24-25)17(26)23-13-9-7-12(8-10-13)19(20,21)22/h3-10H,2,11H2,1H3,(H,23,26). The molecule has 0 saturated heterocycles. The Labute approximate surface area is 152 Å². The molecule has 27 heavy (non-hydrogen) atoms. The van der Waals surface area contributed by atoms with E-state index in [0.717, 1.165) is 12.1 Å². The highest BCUT2D eigenvalue weighted by atomic mass is 19.4. The van der Waals surface area contributed by atoms with Crippen molar-refractivity contribution in [1.82, 2.24) is 9.78 Å². The fraction of sp³-hybridized carbons (Fsp3) is 0.211. The number of halogens is 3. The highest BCUT2D eigenvalue weighted by Crippen LogP contribution is 2.30. The number of alkyl halides is 3. The van der Waals surface area contributed by atoms with E-state index in [9.17, 15) is 22.8 Å². The molecule has 3 aromatic rings. The van der Waals surface area contributed by atoms with Gasteiger partial charge in [-0.05, 0) is 36.8 Å². The van der Waals surface area contributed by atoms with Crippen molar-refractivity contribution in [2.45, 2.75) is 26.1 Å². The van der Waals surface area contributed by atoms with Gasteiger partial charge < -0.3 is 5.32 Å². The van der Waals surface area contributed by atoms with Crippen molar-refractivity contribution in [3.8, 4) is 0 Å². The second-order valence-corrected chi connectivity index (χ2v) is 5.95. The summed E-state index contributed by atoms with van der Waals surface area (Å²) in [7, 11) is 0. The van der Waals surface area contributed by atoms with Crippen LogP contribution in [0.4, 0.5) is 18.9 Å². The number of rotatable bonds is 4. The number of fused-ring (bicyclic) bond motifs is 1. The summed E-state index contributed by atoms with van der Waals surface area (Å²) in [5.41, 5.74) is -0.857. The number of benzene rings is 2. The first-order valence-corrected chi connectivity index (χ1v) is 8.29. The summed E-state index contributed by atoms with van der Waals surface area (Å²) in [6, 6.07) is 10.7. The lowest BCUT2D eigenvalue weighted by Crippen LogP contribution is -2.27. The van der Waals surface area contributed by atoms with E-state index in [1.54, 1.807) is 24.3 Å². The highest BCUT2D eigenvalue weighted by molar-refractivity contribution is 6.11. The van der Waals surface area contributed by atoms with Crippen LogP contribution < -0.4 is 10.9 Å². The molecule has 1 heterocycles. The number of aryl methyl sites for hydroxylation is 1. The van der Waals surface area contributed by atoms with Crippen molar-refractivity contribution >= 4 is 22.4 Å². The molecule has 5 nitrogen and oxygen atoms in total. The van der Waals surface area contributed by atoms with Gasteiger partial charge in [-0.25, -0.2) is 4.68 Å². The SMILES string of the molecule is CCCn1nc(C(=O)Nc2ccc(C(F)(F)F)cc2)c2ccccc2c1=O. The van der Waals surface area contributed by atoms with Gasteiger partial charge in [-0.15, -0.1) is 0 Å². The minimum atomic E-state index is -4.45. The Morgan fingerprint density at radius 2 is 1.70 bits per heavy atom. The van der Waals surface area contributed by atoms with Crippen LogP contribution in [0.25, 0.3) is 10.8 Å². The normalized spacial score (nSPS) is 11.6. The van der Waals surface area contributed by atoms with Crippen molar-refractivity contribution in [2.75, 3.05) is 5.32 Å². The average molecular weight is 375 g/mol. The van der Waals surface area contributed by atoms with Gasteiger partial charge in [-0.2, -0.15) is 18.3 Å². The minimum absolute atomic E-state index is 0.0403. The number of hydrogen-bond acceptors (Lipinski definition) is 3. The molecule has 0 bridgehead atoms. The number of anilines is 1. The molecule has 0 aliphatic rings. The molecule has 0 spiro atoms.